The second kappa shape index (κ2) is 12.8. The molecule has 0 aromatic heterocycles. The average molecular weight is 423 g/mol. The molecule has 0 bridgehead atoms. The molecule has 3 fully saturated rings. The first-order valence-corrected chi connectivity index (χ1v) is 10.2. The largest absolute Gasteiger partial charge is 0.342 e. The molecule has 27 heavy (non-hydrogen) atoms. The zero-order valence-corrected chi connectivity index (χ0v) is 18.0. The Morgan fingerprint density at radius 1 is 0.778 bits per heavy atom. The van der Waals surface area contributed by atoms with Crippen molar-refractivity contribution in [3.8, 4) is 0 Å². The fourth-order valence-electron chi connectivity index (χ4n) is 4.25. The molecule has 0 unspecified atom stereocenters. The van der Waals surface area contributed by atoms with E-state index in [1.165, 1.54) is 19.3 Å². The third-order valence-electron chi connectivity index (χ3n) is 6.02. The van der Waals surface area contributed by atoms with Gasteiger partial charge in [0, 0.05) is 45.7 Å². The van der Waals surface area contributed by atoms with Crippen LogP contribution < -0.4 is 5.32 Å². The van der Waals surface area contributed by atoms with E-state index in [0.717, 1.165) is 71.6 Å². The van der Waals surface area contributed by atoms with Gasteiger partial charge in [0.2, 0.25) is 11.8 Å². The maximum absolute atomic E-state index is 12.4. The maximum Gasteiger partial charge on any atom is 0.236 e. The number of hydrogen-bond donors (Lipinski definition) is 1. The van der Waals surface area contributed by atoms with Crippen molar-refractivity contribution in [2.24, 2.45) is 5.92 Å². The van der Waals surface area contributed by atoms with Gasteiger partial charge in [0.25, 0.3) is 0 Å². The van der Waals surface area contributed by atoms with Crippen LogP contribution in [0.25, 0.3) is 0 Å². The smallest absolute Gasteiger partial charge is 0.236 e. The van der Waals surface area contributed by atoms with Gasteiger partial charge in [-0.2, -0.15) is 0 Å². The van der Waals surface area contributed by atoms with E-state index in [1.807, 2.05) is 9.80 Å². The number of nitrogens with one attached hydrogen (secondary N) is 1. The van der Waals surface area contributed by atoms with Crippen molar-refractivity contribution >= 4 is 36.6 Å². The molecule has 158 valence electrons. The van der Waals surface area contributed by atoms with Gasteiger partial charge in [0.05, 0.1) is 6.54 Å². The highest BCUT2D eigenvalue weighted by atomic mass is 35.5. The summed E-state index contributed by atoms with van der Waals surface area (Å²) in [5, 5.41) is 3.38. The summed E-state index contributed by atoms with van der Waals surface area (Å²) in [7, 11) is 0. The number of likely N-dealkylation sites (tertiary alicyclic amines) is 1. The summed E-state index contributed by atoms with van der Waals surface area (Å²) < 4.78 is 0. The first kappa shape index (κ1) is 24.5. The molecule has 0 atom stereocenters. The van der Waals surface area contributed by atoms with Crippen molar-refractivity contribution in [1.29, 1.82) is 0 Å². The highest BCUT2D eigenvalue weighted by molar-refractivity contribution is 5.85. The van der Waals surface area contributed by atoms with Crippen LogP contribution in [0.1, 0.15) is 44.9 Å². The van der Waals surface area contributed by atoms with Gasteiger partial charge in [-0.05, 0) is 57.5 Å². The molecule has 0 spiro atoms. The van der Waals surface area contributed by atoms with Gasteiger partial charge in [-0.3, -0.25) is 14.5 Å². The zero-order chi connectivity index (χ0) is 17.5. The third-order valence-corrected chi connectivity index (χ3v) is 6.02. The fraction of sp³-hybridized carbons (Fsp3) is 0.895. The molecule has 3 aliphatic rings. The Morgan fingerprint density at radius 2 is 1.37 bits per heavy atom. The molecule has 3 heterocycles. The molecule has 0 radical (unpaired) electrons. The SMILES string of the molecule is Cl.Cl.O=C(CCC1CCNCC1)N1CCN(CC(=O)N2CCCCC2)CC1. The molecule has 3 aliphatic heterocycles. The predicted molar refractivity (Wildman–Crippen MR) is 113 cm³/mol. The van der Waals surface area contributed by atoms with Crippen molar-refractivity contribution in [1.82, 2.24) is 20.0 Å². The van der Waals surface area contributed by atoms with E-state index < -0.39 is 0 Å². The van der Waals surface area contributed by atoms with Crippen LogP contribution in [0, 0.1) is 5.92 Å². The number of piperazine rings is 1. The number of rotatable bonds is 5. The van der Waals surface area contributed by atoms with Crippen LogP contribution in [0.3, 0.4) is 0 Å². The minimum absolute atomic E-state index is 0. The molecule has 6 nitrogen and oxygen atoms in total. The van der Waals surface area contributed by atoms with Gasteiger partial charge in [0.1, 0.15) is 0 Å². The third kappa shape index (κ3) is 7.76. The lowest BCUT2D eigenvalue weighted by atomic mass is 9.93. The van der Waals surface area contributed by atoms with Crippen molar-refractivity contribution in [3.05, 3.63) is 0 Å². The van der Waals surface area contributed by atoms with Crippen LogP contribution in [0.2, 0.25) is 0 Å². The van der Waals surface area contributed by atoms with E-state index in [1.54, 1.807) is 0 Å². The van der Waals surface area contributed by atoms with Crippen molar-refractivity contribution < 1.29 is 9.59 Å². The quantitative estimate of drug-likeness (QED) is 0.733. The van der Waals surface area contributed by atoms with Crippen LogP contribution in [0.15, 0.2) is 0 Å². The molecule has 8 heteroatoms. The monoisotopic (exact) mass is 422 g/mol. The van der Waals surface area contributed by atoms with Gasteiger partial charge < -0.3 is 15.1 Å². The van der Waals surface area contributed by atoms with Gasteiger partial charge >= 0.3 is 0 Å². The van der Waals surface area contributed by atoms with Crippen LogP contribution in [-0.4, -0.2) is 85.4 Å². The topological polar surface area (TPSA) is 55.9 Å². The Hall–Kier alpha value is -0.560. The van der Waals surface area contributed by atoms with Crippen molar-refractivity contribution in [2.75, 3.05) is 58.9 Å². The van der Waals surface area contributed by atoms with Gasteiger partial charge in [0.15, 0.2) is 0 Å². The highest BCUT2D eigenvalue weighted by Gasteiger charge is 2.25. The molecule has 0 aliphatic carbocycles. The Labute approximate surface area is 176 Å². The summed E-state index contributed by atoms with van der Waals surface area (Å²) in [6, 6.07) is 0. The lowest BCUT2D eigenvalue weighted by Gasteiger charge is -2.36. The maximum atomic E-state index is 12.4. The molecule has 1 N–H and O–H groups in total. The molecule has 0 aromatic rings. The Morgan fingerprint density at radius 3 is 2.00 bits per heavy atom. The molecular formula is C19H36Cl2N4O2. The molecule has 3 saturated heterocycles. The number of carbonyl (C=O) groups excluding carboxylic acids is 2. The van der Waals surface area contributed by atoms with Gasteiger partial charge in [-0.15, -0.1) is 24.8 Å². The van der Waals surface area contributed by atoms with Gasteiger partial charge in [-0.1, -0.05) is 0 Å². The van der Waals surface area contributed by atoms with Crippen LogP contribution in [0.5, 0.6) is 0 Å². The minimum atomic E-state index is 0. The lowest BCUT2D eigenvalue weighted by molar-refractivity contribution is -0.135. The van der Waals surface area contributed by atoms with Crippen LogP contribution in [-0.2, 0) is 9.59 Å². The lowest BCUT2D eigenvalue weighted by Crippen LogP contribution is -2.52. The van der Waals surface area contributed by atoms with Crippen molar-refractivity contribution in [2.45, 2.75) is 44.9 Å². The van der Waals surface area contributed by atoms with Crippen LogP contribution >= 0.6 is 24.8 Å². The number of amides is 2. The Kier molecular flexibility index (Phi) is 11.6. The number of piperidine rings is 2. The fourth-order valence-corrected chi connectivity index (χ4v) is 4.25. The van der Waals surface area contributed by atoms with E-state index in [0.29, 0.717) is 24.8 Å². The first-order chi connectivity index (χ1) is 12.2. The van der Waals surface area contributed by atoms with E-state index in [4.69, 9.17) is 0 Å². The molecule has 0 saturated carbocycles. The molecular weight excluding hydrogens is 387 g/mol. The van der Waals surface area contributed by atoms with E-state index >= 15 is 0 Å². The summed E-state index contributed by atoms with van der Waals surface area (Å²) in [6.45, 7) is 7.79. The summed E-state index contributed by atoms with van der Waals surface area (Å²) in [5.74, 6) is 1.29. The standard InChI is InChI=1S/C19H34N4O2.2ClH/c24-18(5-4-17-6-8-20-9-7-17)23-14-12-21(13-15-23)16-19(25)22-10-2-1-3-11-22;;/h17,20H,1-16H2;2*1H. The van der Waals surface area contributed by atoms with E-state index in [-0.39, 0.29) is 30.7 Å². The average Bonchev–Trinajstić information content (AvgIpc) is 2.68. The normalized spacial score (nSPS) is 21.9. The number of carbonyl (C=O) groups is 2. The predicted octanol–water partition coefficient (Wildman–Crippen LogP) is 1.77. The minimum Gasteiger partial charge on any atom is -0.342 e. The first-order valence-electron chi connectivity index (χ1n) is 10.2. The summed E-state index contributed by atoms with van der Waals surface area (Å²) >= 11 is 0. The molecule has 3 rings (SSSR count). The second-order valence-corrected chi connectivity index (χ2v) is 7.83. The summed E-state index contributed by atoms with van der Waals surface area (Å²) in [5.41, 5.74) is 0. The van der Waals surface area contributed by atoms with Gasteiger partial charge in [-0.25, -0.2) is 0 Å². The Balaban J connectivity index is 0.00000182. The summed E-state index contributed by atoms with van der Waals surface area (Å²) in [4.78, 5) is 31.0. The number of halogens is 2. The zero-order valence-electron chi connectivity index (χ0n) is 16.4. The molecule has 0 aromatic carbocycles. The van der Waals surface area contributed by atoms with E-state index in [2.05, 4.69) is 10.2 Å². The van der Waals surface area contributed by atoms with E-state index in [9.17, 15) is 9.59 Å². The highest BCUT2D eigenvalue weighted by Crippen LogP contribution is 2.19. The van der Waals surface area contributed by atoms with Crippen LogP contribution in [0.4, 0.5) is 0 Å². The van der Waals surface area contributed by atoms with Crippen molar-refractivity contribution in [3.63, 3.8) is 0 Å². The molecule has 2 amide bonds. The number of hydrogen-bond acceptors (Lipinski definition) is 4. The Bertz CT molecular complexity index is 447. The second-order valence-electron chi connectivity index (χ2n) is 7.83. The summed E-state index contributed by atoms with van der Waals surface area (Å²) in [6.07, 6.45) is 7.68. The number of nitrogens with zero attached hydrogens (tertiary/aromatic N) is 3.